The molecule has 2 aromatic carbocycles. The van der Waals surface area contributed by atoms with Crippen molar-refractivity contribution in [2.45, 2.75) is 19.9 Å². The van der Waals surface area contributed by atoms with Gasteiger partial charge in [-0.15, -0.1) is 22.7 Å². The highest BCUT2D eigenvalue weighted by molar-refractivity contribution is 7.23. The number of carbonyl (C=O) groups is 2. The Morgan fingerprint density at radius 2 is 1.92 bits per heavy atom. The van der Waals surface area contributed by atoms with Crippen LogP contribution in [0.5, 0.6) is 11.5 Å². The van der Waals surface area contributed by atoms with Crippen LogP contribution in [0.25, 0.3) is 20.8 Å². The summed E-state index contributed by atoms with van der Waals surface area (Å²) < 4.78 is 17.1. The van der Waals surface area contributed by atoms with Gasteiger partial charge >= 0.3 is 6.09 Å². The van der Waals surface area contributed by atoms with E-state index in [2.05, 4.69) is 5.32 Å². The van der Waals surface area contributed by atoms with Gasteiger partial charge in [-0.1, -0.05) is 18.2 Å². The number of thiazole rings is 1. The number of ether oxygens (including phenoxy) is 3. The number of nitrogens with one attached hydrogen (secondary N) is 1. The average molecular weight is 524 g/mol. The molecule has 0 radical (unpaired) electrons. The van der Waals surface area contributed by atoms with E-state index in [1.807, 2.05) is 24.3 Å². The van der Waals surface area contributed by atoms with Crippen molar-refractivity contribution >= 4 is 49.9 Å². The maximum absolute atomic E-state index is 13.4. The summed E-state index contributed by atoms with van der Waals surface area (Å²) in [6, 6.07) is 13.2. The molecule has 0 saturated heterocycles. The molecule has 0 bridgehead atoms. The quantitative estimate of drug-likeness (QED) is 0.343. The van der Waals surface area contributed by atoms with Gasteiger partial charge in [-0.2, -0.15) is 0 Å². The van der Waals surface area contributed by atoms with E-state index >= 15 is 0 Å². The first-order chi connectivity index (χ1) is 17.5. The number of nitrogens with zero attached hydrogens (tertiary/aromatic N) is 2. The number of aromatic nitrogens is 1. The molecule has 2 aromatic heterocycles. The number of fused-ring (bicyclic) bond motifs is 2. The molecule has 5 rings (SSSR count). The van der Waals surface area contributed by atoms with Gasteiger partial charge in [0.2, 0.25) is 0 Å². The first-order valence-corrected chi connectivity index (χ1v) is 13.1. The molecular formula is C26H25N3O5S2. The number of benzene rings is 2. The number of thiophene rings is 1. The molecule has 10 heteroatoms. The number of methoxy groups -OCH3 is 2. The van der Waals surface area contributed by atoms with Crippen LogP contribution in [0, 0.1) is 0 Å². The molecule has 0 spiro atoms. The van der Waals surface area contributed by atoms with E-state index < -0.39 is 0 Å². The van der Waals surface area contributed by atoms with Crippen LogP contribution in [-0.2, 0) is 17.7 Å². The fourth-order valence-electron chi connectivity index (χ4n) is 4.30. The van der Waals surface area contributed by atoms with Crippen LogP contribution >= 0.6 is 22.7 Å². The predicted octanol–water partition coefficient (Wildman–Crippen LogP) is 5.81. The van der Waals surface area contributed by atoms with Crippen molar-refractivity contribution in [2.75, 3.05) is 32.7 Å². The molecular weight excluding hydrogens is 498 g/mol. The number of hydrogen-bond donors (Lipinski definition) is 1. The molecule has 186 valence electrons. The smallest absolute Gasteiger partial charge is 0.410 e. The number of anilines is 1. The van der Waals surface area contributed by atoms with Gasteiger partial charge in [-0.25, -0.2) is 9.78 Å². The normalized spacial score (nSPS) is 12.8. The Kier molecular flexibility index (Phi) is 6.80. The van der Waals surface area contributed by atoms with Gasteiger partial charge in [0.1, 0.15) is 10.0 Å². The maximum Gasteiger partial charge on any atom is 0.410 e. The zero-order valence-corrected chi connectivity index (χ0v) is 21.8. The zero-order valence-electron chi connectivity index (χ0n) is 20.1. The monoisotopic (exact) mass is 523 g/mol. The van der Waals surface area contributed by atoms with Crippen molar-refractivity contribution in [3.8, 4) is 22.1 Å². The first kappa shape index (κ1) is 24.1. The van der Waals surface area contributed by atoms with Gasteiger partial charge in [0.05, 0.1) is 43.2 Å². The molecule has 1 aliphatic heterocycles. The molecule has 1 N–H and O–H groups in total. The molecule has 0 aliphatic carbocycles. The lowest BCUT2D eigenvalue weighted by Gasteiger charge is -2.26. The Balaban J connectivity index is 1.57. The molecule has 0 saturated carbocycles. The molecule has 8 nitrogen and oxygen atoms in total. The lowest BCUT2D eigenvalue weighted by molar-refractivity contribution is 0.102. The van der Waals surface area contributed by atoms with Gasteiger partial charge < -0.3 is 24.4 Å². The summed E-state index contributed by atoms with van der Waals surface area (Å²) in [5.41, 5.74) is 3.29. The second kappa shape index (κ2) is 10.2. The summed E-state index contributed by atoms with van der Waals surface area (Å²) in [6.45, 7) is 3.09. The minimum Gasteiger partial charge on any atom is -0.493 e. The van der Waals surface area contributed by atoms with E-state index in [1.54, 1.807) is 41.4 Å². The van der Waals surface area contributed by atoms with E-state index in [-0.39, 0.29) is 12.0 Å². The topological polar surface area (TPSA) is 90.0 Å². The lowest BCUT2D eigenvalue weighted by atomic mass is 10.0. The number of para-hydroxylation sites is 2. The molecule has 36 heavy (non-hydrogen) atoms. The standard InChI is InChI=1S/C26H25N3O5S2/c1-4-34-26(31)29-13-12-15-20(14-29)36-25(21(15)24-27-17-9-5-6-11-19(17)35-24)28-23(30)16-8-7-10-18(32-2)22(16)33-3/h5-11H,4,12-14H2,1-3H3,(H,28,30). The van der Waals surface area contributed by atoms with Gasteiger partial charge in [0, 0.05) is 17.0 Å². The van der Waals surface area contributed by atoms with Crippen molar-refractivity contribution < 1.29 is 23.8 Å². The molecule has 3 heterocycles. The number of amides is 2. The second-order valence-corrected chi connectivity index (χ2v) is 10.2. The van der Waals surface area contributed by atoms with Gasteiger partial charge in [0.15, 0.2) is 11.5 Å². The average Bonchev–Trinajstić information content (AvgIpc) is 3.48. The Labute approximate surface area is 216 Å². The molecule has 0 atom stereocenters. The van der Waals surface area contributed by atoms with Crippen molar-refractivity contribution in [3.63, 3.8) is 0 Å². The van der Waals surface area contributed by atoms with Crippen LogP contribution in [-0.4, -0.2) is 49.3 Å². The fraction of sp³-hybridized carbons (Fsp3) is 0.269. The first-order valence-electron chi connectivity index (χ1n) is 11.5. The highest BCUT2D eigenvalue weighted by Gasteiger charge is 2.30. The lowest BCUT2D eigenvalue weighted by Crippen LogP contribution is -2.35. The Bertz CT molecular complexity index is 1410. The summed E-state index contributed by atoms with van der Waals surface area (Å²) >= 11 is 3.05. The number of hydrogen-bond acceptors (Lipinski definition) is 8. The number of rotatable bonds is 6. The van der Waals surface area contributed by atoms with Crippen molar-refractivity contribution in [3.05, 3.63) is 58.5 Å². The van der Waals surface area contributed by atoms with Crippen LogP contribution in [0.2, 0.25) is 0 Å². The Hall–Kier alpha value is -3.63. The van der Waals surface area contributed by atoms with E-state index in [0.29, 0.717) is 48.2 Å². The third-order valence-electron chi connectivity index (χ3n) is 5.97. The molecule has 0 fully saturated rings. The summed E-state index contributed by atoms with van der Waals surface area (Å²) in [5.74, 6) is 0.537. The van der Waals surface area contributed by atoms with Crippen molar-refractivity contribution in [1.82, 2.24) is 9.88 Å². The van der Waals surface area contributed by atoms with E-state index in [9.17, 15) is 9.59 Å². The van der Waals surface area contributed by atoms with E-state index in [1.165, 1.54) is 25.6 Å². The minimum absolute atomic E-state index is 0.311. The van der Waals surface area contributed by atoms with Gasteiger partial charge in [-0.05, 0) is 43.2 Å². The van der Waals surface area contributed by atoms with E-state index in [0.717, 1.165) is 31.2 Å². The largest absolute Gasteiger partial charge is 0.493 e. The highest BCUT2D eigenvalue weighted by atomic mass is 32.1. The summed E-state index contributed by atoms with van der Waals surface area (Å²) in [6.07, 6.45) is 0.318. The molecule has 0 unspecified atom stereocenters. The highest BCUT2D eigenvalue weighted by Crippen LogP contribution is 2.46. The zero-order chi connectivity index (χ0) is 25.2. The minimum atomic E-state index is -0.329. The van der Waals surface area contributed by atoms with E-state index in [4.69, 9.17) is 19.2 Å². The van der Waals surface area contributed by atoms with Crippen LogP contribution in [0.1, 0.15) is 27.7 Å². The van der Waals surface area contributed by atoms with Crippen LogP contribution < -0.4 is 14.8 Å². The summed E-state index contributed by atoms with van der Waals surface area (Å²) in [5, 5.41) is 4.63. The number of carbonyl (C=O) groups excluding carboxylic acids is 2. The summed E-state index contributed by atoms with van der Waals surface area (Å²) in [4.78, 5) is 33.4. The van der Waals surface area contributed by atoms with Gasteiger partial charge in [0.25, 0.3) is 5.91 Å². The SMILES string of the molecule is CCOC(=O)N1CCc2c(sc(NC(=O)c3cccc(OC)c3OC)c2-c2nc3ccccc3s2)C1. The van der Waals surface area contributed by atoms with Crippen molar-refractivity contribution in [2.24, 2.45) is 0 Å². The van der Waals surface area contributed by atoms with Crippen LogP contribution in [0.4, 0.5) is 9.80 Å². The Morgan fingerprint density at radius 3 is 2.67 bits per heavy atom. The molecule has 2 amide bonds. The second-order valence-electron chi connectivity index (χ2n) is 8.06. The predicted molar refractivity (Wildman–Crippen MR) is 142 cm³/mol. The maximum atomic E-state index is 13.4. The van der Waals surface area contributed by atoms with Crippen molar-refractivity contribution in [1.29, 1.82) is 0 Å². The third-order valence-corrected chi connectivity index (χ3v) is 8.15. The molecule has 1 aliphatic rings. The summed E-state index contributed by atoms with van der Waals surface area (Å²) in [7, 11) is 3.04. The third kappa shape index (κ3) is 4.38. The molecule has 4 aromatic rings. The Morgan fingerprint density at radius 1 is 1.08 bits per heavy atom. The fourth-order valence-corrected chi connectivity index (χ4v) is 6.67. The van der Waals surface area contributed by atoms with Gasteiger partial charge in [-0.3, -0.25) is 4.79 Å². The van der Waals surface area contributed by atoms with Crippen LogP contribution in [0.15, 0.2) is 42.5 Å². The van der Waals surface area contributed by atoms with Crippen LogP contribution in [0.3, 0.4) is 0 Å².